The lowest BCUT2D eigenvalue weighted by molar-refractivity contribution is -0.133. The quantitative estimate of drug-likeness (QED) is 0.852. The standard InChI is InChI=1S/C22H25N3O2/c1-16-8-6-7-11-19(16)17(2)23-21(26)12-13-22(27)25-15-14-20(24-25)18-9-4-3-5-10-18/h3-11,17H,12-15H2,1-2H3,(H,23,26). The molecule has 1 atom stereocenters. The number of hydrogen-bond acceptors (Lipinski definition) is 3. The molecule has 1 unspecified atom stereocenters. The molecule has 0 saturated carbocycles. The normalized spacial score (nSPS) is 14.6. The van der Waals surface area contributed by atoms with Crippen LogP contribution in [0.2, 0.25) is 0 Å². The molecule has 2 aromatic carbocycles. The Morgan fingerprint density at radius 3 is 2.52 bits per heavy atom. The summed E-state index contributed by atoms with van der Waals surface area (Å²) in [6.45, 7) is 4.56. The lowest BCUT2D eigenvalue weighted by Gasteiger charge is -2.17. The van der Waals surface area contributed by atoms with E-state index in [0.29, 0.717) is 6.54 Å². The monoisotopic (exact) mass is 363 g/mol. The number of benzene rings is 2. The van der Waals surface area contributed by atoms with E-state index in [1.165, 1.54) is 5.01 Å². The van der Waals surface area contributed by atoms with Crippen molar-refractivity contribution in [2.45, 2.75) is 39.2 Å². The Kier molecular flexibility index (Phi) is 6.01. The van der Waals surface area contributed by atoms with E-state index in [1.54, 1.807) is 0 Å². The summed E-state index contributed by atoms with van der Waals surface area (Å²) < 4.78 is 0. The van der Waals surface area contributed by atoms with Gasteiger partial charge in [0.1, 0.15) is 0 Å². The van der Waals surface area contributed by atoms with Crippen molar-refractivity contribution in [2.75, 3.05) is 6.54 Å². The summed E-state index contributed by atoms with van der Waals surface area (Å²) in [5, 5.41) is 8.88. The molecule has 1 aliphatic heterocycles. The first kappa shape index (κ1) is 18.8. The molecule has 3 rings (SSSR count). The maximum absolute atomic E-state index is 12.4. The van der Waals surface area contributed by atoms with Crippen molar-refractivity contribution in [1.29, 1.82) is 0 Å². The third kappa shape index (κ3) is 4.82. The predicted octanol–water partition coefficient (Wildman–Crippen LogP) is 3.59. The summed E-state index contributed by atoms with van der Waals surface area (Å²) >= 11 is 0. The number of amides is 2. The Morgan fingerprint density at radius 1 is 1.07 bits per heavy atom. The van der Waals surface area contributed by atoms with Crippen LogP contribution in [0, 0.1) is 6.92 Å². The molecule has 0 aromatic heterocycles. The van der Waals surface area contributed by atoms with Gasteiger partial charge in [-0.2, -0.15) is 5.10 Å². The van der Waals surface area contributed by atoms with Crippen LogP contribution in [-0.4, -0.2) is 29.1 Å². The highest BCUT2D eigenvalue weighted by molar-refractivity contribution is 6.02. The summed E-state index contributed by atoms with van der Waals surface area (Å²) in [4.78, 5) is 24.6. The average molecular weight is 363 g/mol. The summed E-state index contributed by atoms with van der Waals surface area (Å²) in [7, 11) is 0. The third-order valence-electron chi connectivity index (χ3n) is 4.80. The van der Waals surface area contributed by atoms with E-state index in [-0.39, 0.29) is 30.7 Å². The van der Waals surface area contributed by atoms with Crippen molar-refractivity contribution in [3.8, 4) is 0 Å². The van der Waals surface area contributed by atoms with Gasteiger partial charge in [0.2, 0.25) is 11.8 Å². The van der Waals surface area contributed by atoms with Crippen LogP contribution in [0.15, 0.2) is 59.7 Å². The van der Waals surface area contributed by atoms with Crippen molar-refractivity contribution in [2.24, 2.45) is 5.10 Å². The number of hydrogen-bond donors (Lipinski definition) is 1. The molecule has 2 aromatic rings. The van der Waals surface area contributed by atoms with E-state index in [4.69, 9.17) is 0 Å². The van der Waals surface area contributed by atoms with Gasteiger partial charge in [0, 0.05) is 19.3 Å². The number of carbonyl (C=O) groups excluding carboxylic acids is 2. The zero-order valence-corrected chi connectivity index (χ0v) is 15.8. The lowest BCUT2D eigenvalue weighted by Crippen LogP contribution is -2.29. The number of nitrogens with one attached hydrogen (secondary N) is 1. The maximum atomic E-state index is 12.4. The molecule has 0 saturated heterocycles. The molecule has 0 bridgehead atoms. The van der Waals surface area contributed by atoms with Crippen LogP contribution in [0.1, 0.15) is 48.9 Å². The van der Waals surface area contributed by atoms with Crippen LogP contribution in [-0.2, 0) is 9.59 Å². The zero-order valence-electron chi connectivity index (χ0n) is 15.8. The molecular formula is C22H25N3O2. The van der Waals surface area contributed by atoms with Gasteiger partial charge in [-0.15, -0.1) is 0 Å². The Labute approximate surface area is 160 Å². The minimum Gasteiger partial charge on any atom is -0.350 e. The predicted molar refractivity (Wildman–Crippen MR) is 106 cm³/mol. The number of nitrogens with zero attached hydrogens (tertiary/aromatic N) is 2. The van der Waals surface area contributed by atoms with Gasteiger partial charge >= 0.3 is 0 Å². The molecule has 1 N–H and O–H groups in total. The molecule has 5 nitrogen and oxygen atoms in total. The van der Waals surface area contributed by atoms with Gasteiger partial charge in [0.05, 0.1) is 18.3 Å². The van der Waals surface area contributed by atoms with Crippen molar-refractivity contribution < 1.29 is 9.59 Å². The van der Waals surface area contributed by atoms with E-state index < -0.39 is 0 Å². The fourth-order valence-electron chi connectivity index (χ4n) is 3.28. The van der Waals surface area contributed by atoms with E-state index in [0.717, 1.165) is 28.8 Å². The molecule has 0 spiro atoms. The summed E-state index contributed by atoms with van der Waals surface area (Å²) in [5.41, 5.74) is 4.19. The van der Waals surface area contributed by atoms with Crippen LogP contribution in [0.5, 0.6) is 0 Å². The molecule has 1 aliphatic rings. The molecule has 1 heterocycles. The Morgan fingerprint density at radius 2 is 1.78 bits per heavy atom. The second-order valence-electron chi connectivity index (χ2n) is 6.83. The van der Waals surface area contributed by atoms with E-state index in [2.05, 4.69) is 10.4 Å². The van der Waals surface area contributed by atoms with Gasteiger partial charge in [-0.1, -0.05) is 54.6 Å². The zero-order chi connectivity index (χ0) is 19.2. The van der Waals surface area contributed by atoms with Gasteiger partial charge in [-0.25, -0.2) is 5.01 Å². The summed E-state index contributed by atoms with van der Waals surface area (Å²) in [5.74, 6) is -0.231. The lowest BCUT2D eigenvalue weighted by atomic mass is 10.0. The SMILES string of the molecule is Cc1ccccc1C(C)NC(=O)CCC(=O)N1CCC(c2ccccc2)=N1. The molecule has 0 radical (unpaired) electrons. The Bertz CT molecular complexity index is 846. The van der Waals surface area contributed by atoms with E-state index in [9.17, 15) is 9.59 Å². The smallest absolute Gasteiger partial charge is 0.243 e. The highest BCUT2D eigenvalue weighted by atomic mass is 16.2. The van der Waals surface area contributed by atoms with E-state index >= 15 is 0 Å². The Balaban J connectivity index is 1.50. The van der Waals surface area contributed by atoms with Crippen LogP contribution in [0.4, 0.5) is 0 Å². The van der Waals surface area contributed by atoms with Gasteiger partial charge in [-0.3, -0.25) is 9.59 Å². The molecule has 27 heavy (non-hydrogen) atoms. The first-order valence-electron chi connectivity index (χ1n) is 9.33. The van der Waals surface area contributed by atoms with E-state index in [1.807, 2.05) is 68.4 Å². The number of hydrazone groups is 1. The average Bonchev–Trinajstić information content (AvgIpc) is 3.17. The second kappa shape index (κ2) is 8.62. The Hall–Kier alpha value is -2.95. The fraction of sp³-hybridized carbons (Fsp3) is 0.318. The van der Waals surface area contributed by atoms with Gasteiger partial charge in [0.15, 0.2) is 0 Å². The van der Waals surface area contributed by atoms with Gasteiger partial charge in [-0.05, 0) is 30.5 Å². The van der Waals surface area contributed by atoms with Crippen LogP contribution in [0.25, 0.3) is 0 Å². The van der Waals surface area contributed by atoms with Gasteiger partial charge < -0.3 is 5.32 Å². The van der Waals surface area contributed by atoms with Crippen molar-refractivity contribution in [1.82, 2.24) is 10.3 Å². The minimum atomic E-state index is -0.120. The maximum Gasteiger partial charge on any atom is 0.243 e. The first-order valence-corrected chi connectivity index (χ1v) is 9.33. The molecule has 0 fully saturated rings. The molecule has 5 heteroatoms. The van der Waals surface area contributed by atoms with Crippen LogP contribution < -0.4 is 5.32 Å². The van der Waals surface area contributed by atoms with Crippen molar-refractivity contribution >= 4 is 17.5 Å². The molecular weight excluding hydrogens is 338 g/mol. The minimum absolute atomic E-state index is 0.0803. The van der Waals surface area contributed by atoms with Crippen molar-refractivity contribution in [3.63, 3.8) is 0 Å². The largest absolute Gasteiger partial charge is 0.350 e. The first-order chi connectivity index (χ1) is 13.0. The highest BCUT2D eigenvalue weighted by Crippen LogP contribution is 2.18. The number of rotatable bonds is 6. The topological polar surface area (TPSA) is 61.8 Å². The van der Waals surface area contributed by atoms with Crippen LogP contribution >= 0.6 is 0 Å². The molecule has 2 amide bonds. The fourth-order valence-corrected chi connectivity index (χ4v) is 3.28. The molecule has 140 valence electrons. The van der Waals surface area contributed by atoms with Gasteiger partial charge in [0.25, 0.3) is 0 Å². The number of carbonyl (C=O) groups is 2. The molecule has 0 aliphatic carbocycles. The summed E-state index contributed by atoms with van der Waals surface area (Å²) in [6.07, 6.45) is 1.08. The third-order valence-corrected chi connectivity index (χ3v) is 4.80. The second-order valence-corrected chi connectivity index (χ2v) is 6.83. The number of aryl methyl sites for hydroxylation is 1. The van der Waals surface area contributed by atoms with Crippen LogP contribution in [0.3, 0.4) is 0 Å². The highest BCUT2D eigenvalue weighted by Gasteiger charge is 2.22. The summed E-state index contributed by atoms with van der Waals surface area (Å²) in [6, 6.07) is 17.8. The van der Waals surface area contributed by atoms with Crippen molar-refractivity contribution in [3.05, 3.63) is 71.3 Å².